The van der Waals surface area contributed by atoms with Gasteiger partial charge >= 0.3 is 0 Å². The summed E-state index contributed by atoms with van der Waals surface area (Å²) in [5, 5.41) is 2.40. The van der Waals surface area contributed by atoms with E-state index in [1.165, 1.54) is 11.8 Å². The molecule has 2 aromatic rings. The molecule has 0 spiro atoms. The largest absolute Gasteiger partial charge is 0.351 e. The van der Waals surface area contributed by atoms with Gasteiger partial charge in [-0.1, -0.05) is 48.5 Å². The topological polar surface area (TPSA) is 29.1 Å². The predicted molar refractivity (Wildman–Crippen MR) is 89.7 cm³/mol. The zero-order chi connectivity index (χ0) is 15.1. The van der Waals surface area contributed by atoms with Gasteiger partial charge < -0.3 is 5.32 Å². The van der Waals surface area contributed by atoms with Gasteiger partial charge in [0.05, 0.1) is 5.38 Å². The van der Waals surface area contributed by atoms with Crippen molar-refractivity contribution in [2.45, 2.75) is 29.0 Å². The van der Waals surface area contributed by atoms with Gasteiger partial charge in [0.2, 0.25) is 5.91 Å². The van der Waals surface area contributed by atoms with Crippen molar-refractivity contribution in [3.63, 3.8) is 0 Å². The van der Waals surface area contributed by atoms with Gasteiger partial charge in [-0.05, 0) is 24.6 Å². The number of carbonyl (C=O) groups is 1. The van der Waals surface area contributed by atoms with Crippen molar-refractivity contribution in [2.75, 3.05) is 0 Å². The first-order chi connectivity index (χ1) is 10.2. The number of thioether (sulfide) groups is 1. The summed E-state index contributed by atoms with van der Waals surface area (Å²) in [4.78, 5) is 13.4. The van der Waals surface area contributed by atoms with E-state index in [0.29, 0.717) is 6.54 Å². The highest BCUT2D eigenvalue weighted by Gasteiger charge is 2.24. The lowest BCUT2D eigenvalue weighted by Gasteiger charge is -2.18. The van der Waals surface area contributed by atoms with E-state index in [-0.39, 0.29) is 16.5 Å². The molecule has 2 atom stereocenters. The van der Waals surface area contributed by atoms with Gasteiger partial charge in [0, 0.05) is 11.4 Å². The Morgan fingerprint density at radius 1 is 1.10 bits per heavy atom. The van der Waals surface area contributed by atoms with Crippen molar-refractivity contribution in [3.05, 3.63) is 66.2 Å². The van der Waals surface area contributed by atoms with Crippen LogP contribution in [0.25, 0.3) is 0 Å². The second-order valence-corrected chi connectivity index (χ2v) is 6.64. The number of benzene rings is 2. The highest BCUT2D eigenvalue weighted by molar-refractivity contribution is 8.00. The smallest absolute Gasteiger partial charge is 0.235 e. The molecule has 2 rings (SSSR count). The highest BCUT2D eigenvalue weighted by Crippen LogP contribution is 2.27. The molecule has 0 saturated carbocycles. The number of halogens is 1. The molecule has 0 aliphatic carbocycles. The van der Waals surface area contributed by atoms with Crippen molar-refractivity contribution >= 4 is 29.3 Å². The number of nitrogens with one attached hydrogen (secondary N) is 1. The molecule has 1 N–H and O–H groups in total. The average Bonchev–Trinajstić information content (AvgIpc) is 2.52. The Kier molecular flexibility index (Phi) is 6.15. The third-order valence-corrected chi connectivity index (χ3v) is 4.81. The van der Waals surface area contributed by atoms with E-state index in [2.05, 4.69) is 5.32 Å². The molecule has 21 heavy (non-hydrogen) atoms. The zero-order valence-corrected chi connectivity index (χ0v) is 13.4. The number of amides is 1. The minimum absolute atomic E-state index is 0.0322. The number of hydrogen-bond donors (Lipinski definition) is 1. The minimum Gasteiger partial charge on any atom is -0.351 e. The first-order valence-electron chi connectivity index (χ1n) is 6.84. The maximum absolute atomic E-state index is 12.3. The Morgan fingerprint density at radius 3 is 2.24 bits per heavy atom. The van der Waals surface area contributed by atoms with Crippen LogP contribution in [0.5, 0.6) is 0 Å². The summed E-state index contributed by atoms with van der Waals surface area (Å²) < 4.78 is 0. The quantitative estimate of drug-likeness (QED) is 0.642. The monoisotopic (exact) mass is 319 g/mol. The molecule has 0 fully saturated rings. The van der Waals surface area contributed by atoms with Crippen LogP contribution in [0, 0.1) is 0 Å². The molecular formula is C17H18ClNOS. The number of rotatable bonds is 6. The van der Waals surface area contributed by atoms with E-state index in [9.17, 15) is 4.79 Å². The Hall–Kier alpha value is -1.45. The lowest BCUT2D eigenvalue weighted by molar-refractivity contribution is -0.120. The van der Waals surface area contributed by atoms with Crippen LogP contribution in [0.15, 0.2) is 65.6 Å². The fraction of sp³-hybridized carbons (Fsp3) is 0.235. The van der Waals surface area contributed by atoms with E-state index in [1.807, 2.05) is 67.6 Å². The van der Waals surface area contributed by atoms with E-state index >= 15 is 0 Å². The Morgan fingerprint density at radius 2 is 1.67 bits per heavy atom. The second kappa shape index (κ2) is 8.11. The maximum atomic E-state index is 12.3. The van der Waals surface area contributed by atoms with Crippen molar-refractivity contribution in [1.29, 1.82) is 0 Å². The lowest BCUT2D eigenvalue weighted by Crippen LogP contribution is -2.36. The molecule has 0 aliphatic heterocycles. The first kappa shape index (κ1) is 15.9. The third kappa shape index (κ3) is 5.10. The van der Waals surface area contributed by atoms with Gasteiger partial charge in [0.15, 0.2) is 0 Å². The molecule has 110 valence electrons. The summed E-state index contributed by atoms with van der Waals surface area (Å²) in [6.07, 6.45) is 0. The molecule has 0 aliphatic rings. The average molecular weight is 320 g/mol. The number of carbonyl (C=O) groups excluding carboxylic acids is 1. The molecule has 0 aromatic heterocycles. The summed E-state index contributed by atoms with van der Waals surface area (Å²) in [5.41, 5.74) is 1.08. The van der Waals surface area contributed by atoms with E-state index in [1.54, 1.807) is 0 Å². The molecule has 0 heterocycles. The fourth-order valence-electron chi connectivity index (χ4n) is 1.89. The molecular weight excluding hydrogens is 302 g/mol. The van der Waals surface area contributed by atoms with Gasteiger partial charge in [-0.2, -0.15) is 0 Å². The van der Waals surface area contributed by atoms with Crippen LogP contribution in [0.3, 0.4) is 0 Å². The summed E-state index contributed by atoms with van der Waals surface area (Å²) in [5.74, 6) is -0.0322. The Labute approximate surface area is 134 Å². The van der Waals surface area contributed by atoms with Crippen LogP contribution in [0.4, 0.5) is 0 Å². The highest BCUT2D eigenvalue weighted by atomic mass is 35.5. The van der Waals surface area contributed by atoms with Gasteiger partial charge in [0.1, 0.15) is 5.25 Å². The van der Waals surface area contributed by atoms with Crippen LogP contribution >= 0.6 is 23.4 Å². The SMILES string of the molecule is CC(Cl)C(Sc1ccccc1)C(=O)NCc1ccccc1. The lowest BCUT2D eigenvalue weighted by atomic mass is 10.2. The first-order valence-corrected chi connectivity index (χ1v) is 8.16. The second-order valence-electron chi connectivity index (χ2n) is 4.73. The molecule has 4 heteroatoms. The standard InChI is InChI=1S/C17H18ClNOS/c1-13(18)16(21-15-10-6-3-7-11-15)17(20)19-12-14-8-4-2-5-9-14/h2-11,13,16H,12H2,1H3,(H,19,20). The Bertz CT molecular complexity index is 560. The van der Waals surface area contributed by atoms with E-state index < -0.39 is 0 Å². The van der Waals surface area contributed by atoms with Gasteiger partial charge in [-0.15, -0.1) is 23.4 Å². The molecule has 0 saturated heterocycles. The normalized spacial score (nSPS) is 13.4. The zero-order valence-electron chi connectivity index (χ0n) is 11.8. The summed E-state index contributed by atoms with van der Waals surface area (Å²) >= 11 is 7.68. The van der Waals surface area contributed by atoms with Gasteiger partial charge in [0.25, 0.3) is 0 Å². The van der Waals surface area contributed by atoms with E-state index in [4.69, 9.17) is 11.6 Å². The molecule has 1 amide bonds. The van der Waals surface area contributed by atoms with Crippen LogP contribution in [0.1, 0.15) is 12.5 Å². The van der Waals surface area contributed by atoms with Crippen molar-refractivity contribution in [2.24, 2.45) is 0 Å². The van der Waals surface area contributed by atoms with Gasteiger partial charge in [-0.25, -0.2) is 0 Å². The summed E-state index contributed by atoms with van der Waals surface area (Å²) in [6.45, 7) is 2.37. The number of alkyl halides is 1. The van der Waals surface area contributed by atoms with Crippen LogP contribution in [-0.4, -0.2) is 16.5 Å². The summed E-state index contributed by atoms with van der Waals surface area (Å²) in [7, 11) is 0. The maximum Gasteiger partial charge on any atom is 0.235 e. The van der Waals surface area contributed by atoms with E-state index in [0.717, 1.165) is 10.5 Å². The molecule has 0 bridgehead atoms. The Balaban J connectivity index is 1.96. The number of hydrogen-bond acceptors (Lipinski definition) is 2. The molecule has 2 unspecified atom stereocenters. The van der Waals surface area contributed by atoms with Crippen LogP contribution < -0.4 is 5.32 Å². The molecule has 0 radical (unpaired) electrons. The van der Waals surface area contributed by atoms with Crippen molar-refractivity contribution in [3.8, 4) is 0 Å². The van der Waals surface area contributed by atoms with Gasteiger partial charge in [-0.3, -0.25) is 4.79 Å². The summed E-state index contributed by atoms with van der Waals surface area (Å²) in [6, 6.07) is 19.7. The molecule has 2 nitrogen and oxygen atoms in total. The molecule has 2 aromatic carbocycles. The minimum atomic E-state index is -0.308. The van der Waals surface area contributed by atoms with Crippen LogP contribution in [-0.2, 0) is 11.3 Å². The van der Waals surface area contributed by atoms with Crippen molar-refractivity contribution < 1.29 is 4.79 Å². The third-order valence-electron chi connectivity index (χ3n) is 2.99. The fourth-order valence-corrected chi connectivity index (χ4v) is 3.14. The van der Waals surface area contributed by atoms with Crippen molar-refractivity contribution in [1.82, 2.24) is 5.32 Å². The predicted octanol–water partition coefficient (Wildman–Crippen LogP) is 4.09. The van der Waals surface area contributed by atoms with Crippen LogP contribution in [0.2, 0.25) is 0 Å².